The van der Waals surface area contributed by atoms with Crippen LogP contribution in [0.1, 0.15) is 47.0 Å². The van der Waals surface area contributed by atoms with Gasteiger partial charge in [0.25, 0.3) is 0 Å². The maximum Gasteiger partial charge on any atom is 0.0799 e. The maximum atomic E-state index is 9.69. The molecule has 0 aliphatic heterocycles. The van der Waals surface area contributed by atoms with E-state index in [4.69, 9.17) is 4.74 Å². The molecular formula is C12H26O2. The first kappa shape index (κ1) is 13.9. The van der Waals surface area contributed by atoms with E-state index in [-0.39, 0.29) is 6.10 Å². The second-order valence-electron chi connectivity index (χ2n) is 4.53. The predicted molar refractivity (Wildman–Crippen MR) is 60.4 cm³/mol. The molecule has 0 amide bonds. The van der Waals surface area contributed by atoms with Crippen LogP contribution in [-0.4, -0.2) is 24.4 Å². The standard InChI is InChI=1S/C12H26O2/c1-5-14-9-12(13)11(4)8-6-7-10(2)3/h10-13H,5-9H2,1-4H3. The molecule has 1 N–H and O–H groups in total. The van der Waals surface area contributed by atoms with Crippen molar-refractivity contribution in [3.8, 4) is 0 Å². The molecule has 0 aliphatic carbocycles. The lowest BCUT2D eigenvalue weighted by atomic mass is 9.96. The summed E-state index contributed by atoms with van der Waals surface area (Å²) in [5.41, 5.74) is 0. The van der Waals surface area contributed by atoms with E-state index >= 15 is 0 Å². The molecule has 0 aromatic carbocycles. The van der Waals surface area contributed by atoms with Gasteiger partial charge in [0, 0.05) is 6.61 Å². The highest BCUT2D eigenvalue weighted by atomic mass is 16.5. The van der Waals surface area contributed by atoms with Crippen molar-refractivity contribution in [2.75, 3.05) is 13.2 Å². The number of ether oxygens (including phenoxy) is 1. The first-order valence-electron chi connectivity index (χ1n) is 5.83. The van der Waals surface area contributed by atoms with Gasteiger partial charge in [-0.2, -0.15) is 0 Å². The second-order valence-corrected chi connectivity index (χ2v) is 4.53. The van der Waals surface area contributed by atoms with Gasteiger partial charge >= 0.3 is 0 Å². The highest BCUT2D eigenvalue weighted by Gasteiger charge is 2.13. The molecule has 0 bridgehead atoms. The van der Waals surface area contributed by atoms with E-state index in [9.17, 15) is 5.11 Å². The third-order valence-electron chi connectivity index (χ3n) is 2.59. The Morgan fingerprint density at radius 2 is 1.79 bits per heavy atom. The van der Waals surface area contributed by atoms with Crippen molar-refractivity contribution >= 4 is 0 Å². The van der Waals surface area contributed by atoms with Gasteiger partial charge in [0.05, 0.1) is 12.7 Å². The Balaban J connectivity index is 3.46. The Morgan fingerprint density at radius 1 is 1.14 bits per heavy atom. The molecule has 0 heterocycles. The van der Waals surface area contributed by atoms with E-state index in [2.05, 4.69) is 20.8 Å². The van der Waals surface area contributed by atoms with Gasteiger partial charge in [-0.3, -0.25) is 0 Å². The summed E-state index contributed by atoms with van der Waals surface area (Å²) in [6, 6.07) is 0. The van der Waals surface area contributed by atoms with Crippen LogP contribution in [0, 0.1) is 11.8 Å². The number of hydrogen-bond acceptors (Lipinski definition) is 2. The van der Waals surface area contributed by atoms with Crippen molar-refractivity contribution in [1.82, 2.24) is 0 Å². The average Bonchev–Trinajstić information content (AvgIpc) is 2.13. The van der Waals surface area contributed by atoms with Crippen molar-refractivity contribution in [2.45, 2.75) is 53.1 Å². The highest BCUT2D eigenvalue weighted by Crippen LogP contribution is 2.15. The maximum absolute atomic E-state index is 9.69. The fourth-order valence-corrected chi connectivity index (χ4v) is 1.44. The number of aliphatic hydroxyl groups excluding tert-OH is 1. The van der Waals surface area contributed by atoms with Crippen molar-refractivity contribution in [3.63, 3.8) is 0 Å². The second kappa shape index (κ2) is 8.25. The summed E-state index contributed by atoms with van der Waals surface area (Å²) in [7, 11) is 0. The van der Waals surface area contributed by atoms with Crippen molar-refractivity contribution in [2.24, 2.45) is 11.8 Å². The zero-order chi connectivity index (χ0) is 11.0. The van der Waals surface area contributed by atoms with E-state index in [1.54, 1.807) is 0 Å². The molecular weight excluding hydrogens is 176 g/mol. The lowest BCUT2D eigenvalue weighted by Crippen LogP contribution is -2.23. The van der Waals surface area contributed by atoms with Crippen LogP contribution in [0.15, 0.2) is 0 Å². The SMILES string of the molecule is CCOCC(O)C(C)CCCC(C)C. The van der Waals surface area contributed by atoms with Crippen LogP contribution in [0.5, 0.6) is 0 Å². The zero-order valence-electron chi connectivity index (χ0n) is 10.1. The van der Waals surface area contributed by atoms with Gasteiger partial charge in [-0.15, -0.1) is 0 Å². The summed E-state index contributed by atoms with van der Waals surface area (Å²) in [5.74, 6) is 1.13. The fraction of sp³-hybridized carbons (Fsp3) is 1.00. The Hall–Kier alpha value is -0.0800. The summed E-state index contributed by atoms with van der Waals surface area (Å²) in [6.45, 7) is 9.71. The minimum atomic E-state index is -0.290. The van der Waals surface area contributed by atoms with Crippen molar-refractivity contribution < 1.29 is 9.84 Å². The number of aliphatic hydroxyl groups is 1. The molecule has 2 nitrogen and oxygen atoms in total. The van der Waals surface area contributed by atoms with Crippen LogP contribution < -0.4 is 0 Å². The molecule has 0 radical (unpaired) electrons. The molecule has 0 aromatic heterocycles. The van der Waals surface area contributed by atoms with Crippen molar-refractivity contribution in [1.29, 1.82) is 0 Å². The first-order valence-corrected chi connectivity index (χ1v) is 5.83. The summed E-state index contributed by atoms with van der Waals surface area (Å²) in [5, 5.41) is 9.69. The summed E-state index contributed by atoms with van der Waals surface area (Å²) in [6.07, 6.45) is 3.28. The molecule has 86 valence electrons. The Labute approximate surface area is 88.7 Å². The fourth-order valence-electron chi connectivity index (χ4n) is 1.44. The molecule has 0 spiro atoms. The monoisotopic (exact) mass is 202 g/mol. The molecule has 0 aliphatic rings. The van der Waals surface area contributed by atoms with E-state index in [0.29, 0.717) is 19.1 Å². The van der Waals surface area contributed by atoms with Crippen LogP contribution >= 0.6 is 0 Å². The van der Waals surface area contributed by atoms with Crippen LogP contribution in [0.25, 0.3) is 0 Å². The van der Waals surface area contributed by atoms with Gasteiger partial charge in [0.15, 0.2) is 0 Å². The molecule has 0 fully saturated rings. The van der Waals surface area contributed by atoms with Crippen LogP contribution in [0.3, 0.4) is 0 Å². The molecule has 0 saturated heterocycles. The predicted octanol–water partition coefficient (Wildman–Crippen LogP) is 2.85. The van der Waals surface area contributed by atoms with E-state index < -0.39 is 0 Å². The Morgan fingerprint density at radius 3 is 2.29 bits per heavy atom. The van der Waals surface area contributed by atoms with Crippen LogP contribution in [0.2, 0.25) is 0 Å². The minimum absolute atomic E-state index is 0.290. The number of hydrogen-bond donors (Lipinski definition) is 1. The van der Waals surface area contributed by atoms with Crippen LogP contribution in [0.4, 0.5) is 0 Å². The smallest absolute Gasteiger partial charge is 0.0799 e. The Kier molecular flexibility index (Phi) is 8.20. The topological polar surface area (TPSA) is 29.5 Å². The molecule has 2 atom stereocenters. The van der Waals surface area contributed by atoms with Gasteiger partial charge in [-0.05, 0) is 25.2 Å². The summed E-state index contributed by atoms with van der Waals surface area (Å²) >= 11 is 0. The zero-order valence-corrected chi connectivity index (χ0v) is 10.1. The lowest BCUT2D eigenvalue weighted by molar-refractivity contribution is 0.0107. The van der Waals surface area contributed by atoms with Gasteiger partial charge in [0.2, 0.25) is 0 Å². The molecule has 2 heteroatoms. The molecule has 0 saturated carbocycles. The normalized spacial score (nSPS) is 15.9. The van der Waals surface area contributed by atoms with E-state index in [1.165, 1.54) is 12.8 Å². The first-order chi connectivity index (χ1) is 6.57. The van der Waals surface area contributed by atoms with Gasteiger partial charge in [0.1, 0.15) is 0 Å². The largest absolute Gasteiger partial charge is 0.390 e. The average molecular weight is 202 g/mol. The lowest BCUT2D eigenvalue weighted by Gasteiger charge is -2.18. The van der Waals surface area contributed by atoms with E-state index in [1.807, 2.05) is 6.92 Å². The molecule has 0 aromatic rings. The molecule has 0 rings (SSSR count). The van der Waals surface area contributed by atoms with Crippen LogP contribution in [-0.2, 0) is 4.74 Å². The van der Waals surface area contributed by atoms with Gasteiger partial charge in [-0.25, -0.2) is 0 Å². The third-order valence-corrected chi connectivity index (χ3v) is 2.59. The quantitative estimate of drug-likeness (QED) is 0.656. The Bertz CT molecular complexity index is 123. The van der Waals surface area contributed by atoms with Crippen molar-refractivity contribution in [3.05, 3.63) is 0 Å². The molecule has 14 heavy (non-hydrogen) atoms. The third kappa shape index (κ3) is 7.34. The highest BCUT2D eigenvalue weighted by molar-refractivity contribution is 4.64. The van der Waals surface area contributed by atoms with Gasteiger partial charge in [-0.1, -0.05) is 33.6 Å². The number of rotatable bonds is 8. The van der Waals surface area contributed by atoms with E-state index in [0.717, 1.165) is 12.3 Å². The van der Waals surface area contributed by atoms with Gasteiger partial charge < -0.3 is 9.84 Å². The summed E-state index contributed by atoms with van der Waals surface area (Å²) < 4.78 is 5.19. The minimum Gasteiger partial charge on any atom is -0.390 e. The molecule has 2 unspecified atom stereocenters. The summed E-state index contributed by atoms with van der Waals surface area (Å²) in [4.78, 5) is 0.